The second-order valence-electron chi connectivity index (χ2n) is 10.7. The summed E-state index contributed by atoms with van der Waals surface area (Å²) in [6.45, 7) is 8.73. The number of para-hydroxylation sites is 1. The van der Waals surface area contributed by atoms with Crippen molar-refractivity contribution in [1.82, 2.24) is 9.47 Å². The van der Waals surface area contributed by atoms with E-state index in [-0.39, 0.29) is 5.88 Å². The van der Waals surface area contributed by atoms with Crippen molar-refractivity contribution < 1.29 is 9.90 Å². The number of azo groups is 1. The van der Waals surface area contributed by atoms with E-state index in [4.69, 9.17) is 0 Å². The van der Waals surface area contributed by atoms with Crippen molar-refractivity contribution in [3.63, 3.8) is 0 Å². The van der Waals surface area contributed by atoms with Crippen molar-refractivity contribution in [2.75, 3.05) is 6.54 Å². The van der Waals surface area contributed by atoms with Gasteiger partial charge >= 0.3 is 0 Å². The standard InChI is InChI=1S/C26H29BrN4O2/c1-25(2)12-17-13-26(3,14-25)15-30(17)16-31-21-11-7-5-9-19(21)22(24(31)33)28-29-23(32)18-8-4-6-10-20(18)27/h4-11,17,33H,12-16H2,1-3H3/t17-,26-/m1/s1. The van der Waals surface area contributed by atoms with Crippen LogP contribution in [-0.4, -0.2) is 33.1 Å². The molecule has 3 aromatic rings. The first-order valence-corrected chi connectivity index (χ1v) is 12.2. The van der Waals surface area contributed by atoms with E-state index in [0.717, 1.165) is 23.9 Å². The highest BCUT2D eigenvalue weighted by Crippen LogP contribution is 2.53. The molecule has 2 aromatic carbocycles. The minimum atomic E-state index is -0.456. The molecule has 1 aliphatic heterocycles. The zero-order valence-electron chi connectivity index (χ0n) is 19.3. The summed E-state index contributed by atoms with van der Waals surface area (Å²) < 4.78 is 2.57. The molecule has 1 N–H and O–H groups in total. The molecule has 5 rings (SSSR count). The van der Waals surface area contributed by atoms with Gasteiger partial charge in [0.25, 0.3) is 5.91 Å². The lowest BCUT2D eigenvalue weighted by Gasteiger charge is -2.40. The number of carbonyl (C=O) groups excluding carboxylic acids is 1. The predicted octanol–water partition coefficient (Wildman–Crippen LogP) is 6.89. The lowest BCUT2D eigenvalue weighted by Crippen LogP contribution is -2.35. The molecule has 2 heterocycles. The van der Waals surface area contributed by atoms with Crippen LogP contribution in [0.25, 0.3) is 10.9 Å². The van der Waals surface area contributed by atoms with Gasteiger partial charge in [0.05, 0.1) is 17.7 Å². The highest BCUT2D eigenvalue weighted by atomic mass is 79.9. The molecule has 2 aliphatic rings. The fourth-order valence-corrected chi connectivity index (χ4v) is 6.68. The SMILES string of the molecule is CC1(C)C[C@@H]2C[C@@](C)(CN2Cn2c(O)c(N=NC(=O)c3ccccc3Br)c3ccccc32)C1. The number of benzene rings is 2. The molecular formula is C26H29BrN4O2. The molecule has 7 heteroatoms. The largest absolute Gasteiger partial charge is 0.493 e. The second-order valence-corrected chi connectivity index (χ2v) is 11.6. The molecule has 1 aliphatic carbocycles. The lowest BCUT2D eigenvalue weighted by atomic mass is 9.65. The Kier molecular flexibility index (Phi) is 5.45. The fourth-order valence-electron chi connectivity index (χ4n) is 6.22. The number of carbonyl (C=O) groups is 1. The Labute approximate surface area is 202 Å². The van der Waals surface area contributed by atoms with Gasteiger partial charge in [0.15, 0.2) is 5.69 Å². The van der Waals surface area contributed by atoms with Crippen LogP contribution in [0.4, 0.5) is 5.69 Å². The molecule has 33 heavy (non-hydrogen) atoms. The number of hydrogen-bond donors (Lipinski definition) is 1. The molecule has 2 bridgehead atoms. The summed E-state index contributed by atoms with van der Waals surface area (Å²) in [6.07, 6.45) is 3.58. The summed E-state index contributed by atoms with van der Waals surface area (Å²) >= 11 is 3.38. The van der Waals surface area contributed by atoms with Crippen LogP contribution < -0.4 is 0 Å². The Morgan fingerprint density at radius 2 is 1.85 bits per heavy atom. The molecule has 0 unspecified atom stereocenters. The summed E-state index contributed by atoms with van der Waals surface area (Å²) in [7, 11) is 0. The van der Waals surface area contributed by atoms with E-state index < -0.39 is 5.91 Å². The molecule has 1 saturated carbocycles. The third kappa shape index (κ3) is 4.13. The van der Waals surface area contributed by atoms with Gasteiger partial charge in [-0.1, -0.05) is 51.1 Å². The Morgan fingerprint density at radius 1 is 1.12 bits per heavy atom. The monoisotopic (exact) mass is 508 g/mol. The average Bonchev–Trinajstić information content (AvgIpc) is 3.15. The van der Waals surface area contributed by atoms with Crippen molar-refractivity contribution >= 4 is 38.4 Å². The molecule has 2 atom stereocenters. The molecule has 6 nitrogen and oxygen atoms in total. The van der Waals surface area contributed by atoms with Crippen molar-refractivity contribution in [3.05, 3.63) is 58.6 Å². The molecule has 0 radical (unpaired) electrons. The van der Waals surface area contributed by atoms with Crippen LogP contribution in [0.2, 0.25) is 0 Å². The first kappa shape index (κ1) is 22.3. The summed E-state index contributed by atoms with van der Waals surface area (Å²) in [5.41, 5.74) is 2.30. The number of halogens is 1. The van der Waals surface area contributed by atoms with Crippen molar-refractivity contribution in [2.24, 2.45) is 21.1 Å². The van der Waals surface area contributed by atoms with Crippen molar-refractivity contribution in [3.8, 4) is 5.88 Å². The van der Waals surface area contributed by atoms with Gasteiger partial charge in [0.2, 0.25) is 5.88 Å². The zero-order chi connectivity index (χ0) is 23.4. The third-order valence-corrected chi connectivity index (χ3v) is 7.80. The molecule has 1 aromatic heterocycles. The third-order valence-electron chi connectivity index (χ3n) is 7.11. The van der Waals surface area contributed by atoms with Crippen LogP contribution in [0.15, 0.2) is 63.2 Å². The van der Waals surface area contributed by atoms with Crippen LogP contribution in [-0.2, 0) is 6.67 Å². The summed E-state index contributed by atoms with van der Waals surface area (Å²) in [6, 6.07) is 15.4. The molecule has 0 spiro atoms. The van der Waals surface area contributed by atoms with Gasteiger partial charge < -0.3 is 5.11 Å². The second kappa shape index (κ2) is 8.06. The first-order chi connectivity index (χ1) is 15.7. The van der Waals surface area contributed by atoms with Gasteiger partial charge in [-0.3, -0.25) is 14.3 Å². The van der Waals surface area contributed by atoms with Crippen LogP contribution >= 0.6 is 15.9 Å². The molecule has 1 saturated heterocycles. The van der Waals surface area contributed by atoms with Gasteiger partial charge in [-0.15, -0.1) is 10.2 Å². The summed E-state index contributed by atoms with van der Waals surface area (Å²) in [4.78, 5) is 15.1. The minimum absolute atomic E-state index is 0.0470. The number of fused-ring (bicyclic) bond motifs is 3. The number of nitrogens with zero attached hydrogens (tertiary/aromatic N) is 4. The summed E-state index contributed by atoms with van der Waals surface area (Å²) in [5.74, 6) is -0.409. The van der Waals surface area contributed by atoms with Crippen LogP contribution in [0.5, 0.6) is 5.88 Å². The Bertz CT molecular complexity index is 1260. The van der Waals surface area contributed by atoms with Gasteiger partial charge in [-0.05, 0) is 64.2 Å². The van der Waals surface area contributed by atoms with E-state index in [9.17, 15) is 9.90 Å². The van der Waals surface area contributed by atoms with Crippen LogP contribution in [0, 0.1) is 10.8 Å². The van der Waals surface area contributed by atoms with E-state index in [1.807, 2.05) is 34.9 Å². The van der Waals surface area contributed by atoms with Gasteiger partial charge in [0, 0.05) is 22.4 Å². The Hall–Kier alpha value is -2.51. The summed E-state index contributed by atoms with van der Waals surface area (Å²) in [5, 5.41) is 20.1. The topological polar surface area (TPSA) is 70.2 Å². The van der Waals surface area contributed by atoms with E-state index in [1.54, 1.807) is 18.2 Å². The minimum Gasteiger partial charge on any atom is -0.493 e. The highest BCUT2D eigenvalue weighted by molar-refractivity contribution is 9.10. The molecule has 172 valence electrons. The number of rotatable bonds is 4. The van der Waals surface area contributed by atoms with Gasteiger partial charge in [-0.25, -0.2) is 0 Å². The van der Waals surface area contributed by atoms with Crippen LogP contribution in [0.1, 0.15) is 50.4 Å². The van der Waals surface area contributed by atoms with Crippen molar-refractivity contribution in [2.45, 2.75) is 52.7 Å². The number of aromatic nitrogens is 1. The van der Waals surface area contributed by atoms with E-state index in [1.165, 1.54) is 12.8 Å². The smallest absolute Gasteiger partial charge is 0.296 e. The normalized spacial score (nSPS) is 24.7. The molecule has 1 amide bonds. The maximum atomic E-state index is 12.6. The predicted molar refractivity (Wildman–Crippen MR) is 133 cm³/mol. The number of hydrogen-bond acceptors (Lipinski definition) is 4. The number of likely N-dealkylation sites (tertiary alicyclic amines) is 1. The fraction of sp³-hybridized carbons (Fsp3) is 0.423. The van der Waals surface area contributed by atoms with E-state index in [2.05, 4.69) is 51.8 Å². The van der Waals surface area contributed by atoms with Gasteiger partial charge in [0.1, 0.15) is 0 Å². The number of aromatic hydroxyl groups is 1. The number of amides is 1. The molecular weight excluding hydrogens is 480 g/mol. The van der Waals surface area contributed by atoms with Gasteiger partial charge in [-0.2, -0.15) is 0 Å². The first-order valence-electron chi connectivity index (χ1n) is 11.4. The van der Waals surface area contributed by atoms with E-state index in [0.29, 0.717) is 39.3 Å². The van der Waals surface area contributed by atoms with Crippen LogP contribution in [0.3, 0.4) is 0 Å². The Morgan fingerprint density at radius 3 is 2.64 bits per heavy atom. The average molecular weight is 509 g/mol. The van der Waals surface area contributed by atoms with E-state index >= 15 is 0 Å². The zero-order valence-corrected chi connectivity index (χ0v) is 20.8. The quantitative estimate of drug-likeness (QED) is 0.390. The lowest BCUT2D eigenvalue weighted by molar-refractivity contribution is 0.0994. The Balaban J connectivity index is 1.48. The maximum absolute atomic E-state index is 12.6. The van der Waals surface area contributed by atoms with Crippen molar-refractivity contribution in [1.29, 1.82) is 0 Å². The maximum Gasteiger partial charge on any atom is 0.296 e. The highest BCUT2D eigenvalue weighted by Gasteiger charge is 2.49. The molecule has 2 fully saturated rings.